The molecule has 2 rings (SSSR count). The monoisotopic (exact) mass is 301 g/mol. The smallest absolute Gasteiger partial charge is 0.321 e. The molecule has 0 atom stereocenters. The molecule has 118 valence electrons. The van der Waals surface area contributed by atoms with Gasteiger partial charge in [0.2, 0.25) is 0 Å². The fraction of sp³-hybridized carbons (Fsp3) is 0.412. The van der Waals surface area contributed by atoms with Gasteiger partial charge in [0.1, 0.15) is 0 Å². The highest BCUT2D eigenvalue weighted by Crippen LogP contribution is 2.31. The number of hydrogen-bond acceptors (Lipinski definition) is 2. The number of nitrogens with zero attached hydrogens (tertiary/aromatic N) is 1. The first-order valence-corrected chi connectivity index (χ1v) is 7.73. The van der Waals surface area contributed by atoms with Crippen molar-refractivity contribution in [3.05, 3.63) is 35.4 Å². The number of allylic oxidation sites excluding steroid dienone is 1. The highest BCUT2D eigenvalue weighted by Gasteiger charge is 2.24. The minimum atomic E-state index is -0.107. The normalized spacial score (nSPS) is 13.8. The number of nitrogens with one attached hydrogen (secondary N) is 2. The maximum absolute atomic E-state index is 12.1. The highest BCUT2D eigenvalue weighted by molar-refractivity contribution is 6.04. The van der Waals surface area contributed by atoms with Crippen LogP contribution in [0.5, 0.6) is 0 Å². The molecule has 1 aromatic rings. The van der Waals surface area contributed by atoms with Gasteiger partial charge < -0.3 is 10.6 Å². The van der Waals surface area contributed by atoms with E-state index in [9.17, 15) is 9.59 Å². The Morgan fingerprint density at radius 2 is 2.09 bits per heavy atom. The number of carbonyl (C=O) groups excluding carboxylic acids is 2. The van der Waals surface area contributed by atoms with Gasteiger partial charge in [-0.25, -0.2) is 4.79 Å². The van der Waals surface area contributed by atoms with Gasteiger partial charge in [-0.15, -0.1) is 0 Å². The third-order valence-electron chi connectivity index (χ3n) is 3.68. The van der Waals surface area contributed by atoms with Gasteiger partial charge in [-0.3, -0.25) is 9.69 Å². The van der Waals surface area contributed by atoms with Crippen LogP contribution >= 0.6 is 0 Å². The number of benzene rings is 1. The van der Waals surface area contributed by atoms with Crippen molar-refractivity contribution in [2.45, 2.75) is 33.6 Å². The van der Waals surface area contributed by atoms with Crippen LogP contribution in [-0.2, 0) is 11.2 Å². The molecule has 0 aliphatic carbocycles. The Hall–Kier alpha value is -2.30. The zero-order valence-electron chi connectivity index (χ0n) is 13.4. The molecule has 0 fully saturated rings. The van der Waals surface area contributed by atoms with Crippen molar-refractivity contribution in [3.63, 3.8) is 0 Å². The van der Waals surface area contributed by atoms with Crippen molar-refractivity contribution in [3.8, 4) is 0 Å². The predicted molar refractivity (Wildman–Crippen MR) is 89.2 cm³/mol. The van der Waals surface area contributed by atoms with Crippen molar-refractivity contribution in [1.29, 1.82) is 0 Å². The second-order valence-electron chi connectivity index (χ2n) is 5.33. The molecule has 1 aromatic carbocycles. The van der Waals surface area contributed by atoms with E-state index in [-0.39, 0.29) is 11.9 Å². The lowest BCUT2D eigenvalue weighted by Crippen LogP contribution is -2.38. The summed E-state index contributed by atoms with van der Waals surface area (Å²) in [6.07, 6.45) is 3.56. The lowest BCUT2D eigenvalue weighted by Gasteiger charge is -2.18. The van der Waals surface area contributed by atoms with E-state index >= 15 is 0 Å². The van der Waals surface area contributed by atoms with E-state index in [1.807, 2.05) is 38.1 Å². The van der Waals surface area contributed by atoms with Gasteiger partial charge in [0.15, 0.2) is 0 Å². The zero-order valence-corrected chi connectivity index (χ0v) is 13.4. The van der Waals surface area contributed by atoms with E-state index in [0.29, 0.717) is 24.4 Å². The van der Waals surface area contributed by atoms with E-state index in [1.54, 1.807) is 11.8 Å². The number of hydrogen-bond donors (Lipinski definition) is 2. The van der Waals surface area contributed by atoms with Crippen molar-refractivity contribution in [2.75, 3.05) is 23.3 Å². The molecule has 5 nitrogen and oxygen atoms in total. The van der Waals surface area contributed by atoms with Crippen LogP contribution in [0.15, 0.2) is 29.8 Å². The average molecular weight is 301 g/mol. The van der Waals surface area contributed by atoms with Crippen LogP contribution in [0.4, 0.5) is 16.2 Å². The van der Waals surface area contributed by atoms with Gasteiger partial charge in [-0.05, 0) is 44.4 Å². The number of rotatable bonds is 4. The molecule has 0 radical (unpaired) electrons. The summed E-state index contributed by atoms with van der Waals surface area (Å²) in [5, 5.41) is 5.70. The van der Waals surface area contributed by atoms with Crippen LogP contribution in [0, 0.1) is 0 Å². The number of fused-ring (bicyclic) bond motifs is 1. The summed E-state index contributed by atoms with van der Waals surface area (Å²) in [4.78, 5) is 25.8. The van der Waals surface area contributed by atoms with E-state index in [0.717, 1.165) is 24.1 Å². The maximum atomic E-state index is 12.1. The summed E-state index contributed by atoms with van der Waals surface area (Å²) in [6.45, 7) is 6.97. The van der Waals surface area contributed by atoms with Gasteiger partial charge in [0.05, 0.1) is 5.69 Å². The molecule has 22 heavy (non-hydrogen) atoms. The predicted octanol–water partition coefficient (Wildman–Crippen LogP) is 3.07. The van der Waals surface area contributed by atoms with E-state index in [2.05, 4.69) is 10.6 Å². The lowest BCUT2D eigenvalue weighted by molar-refractivity contribution is -0.112. The molecule has 0 saturated carbocycles. The molecule has 5 heteroatoms. The SMILES string of the molecule is CC/C=C(/C)C(=O)Nc1ccc2c(c1)N(C(=O)NCC)CC2. The summed E-state index contributed by atoms with van der Waals surface area (Å²) in [5.41, 5.74) is 3.42. The van der Waals surface area contributed by atoms with Crippen LogP contribution in [0.25, 0.3) is 0 Å². The standard InChI is InChI=1S/C17H23N3O2/c1-4-6-12(3)16(21)19-14-8-7-13-9-10-20(15(13)11-14)17(22)18-5-2/h6-8,11H,4-5,9-10H2,1-3H3,(H,18,22)(H,19,21)/b12-6-. The first-order chi connectivity index (χ1) is 10.6. The molecular weight excluding hydrogens is 278 g/mol. The number of carbonyl (C=O) groups is 2. The fourth-order valence-electron chi connectivity index (χ4n) is 2.54. The summed E-state index contributed by atoms with van der Waals surface area (Å²) in [6, 6.07) is 5.64. The van der Waals surface area contributed by atoms with Crippen molar-refractivity contribution < 1.29 is 9.59 Å². The fourth-order valence-corrected chi connectivity index (χ4v) is 2.54. The third-order valence-corrected chi connectivity index (χ3v) is 3.68. The largest absolute Gasteiger partial charge is 0.338 e. The van der Waals surface area contributed by atoms with Crippen molar-refractivity contribution in [1.82, 2.24) is 5.32 Å². The number of amides is 3. The molecule has 2 N–H and O–H groups in total. The zero-order chi connectivity index (χ0) is 16.1. The molecular formula is C17H23N3O2. The minimum absolute atomic E-state index is 0.0909. The first-order valence-electron chi connectivity index (χ1n) is 7.73. The molecule has 0 aromatic heterocycles. The van der Waals surface area contributed by atoms with Crippen molar-refractivity contribution >= 4 is 23.3 Å². The molecule has 0 bridgehead atoms. The Morgan fingerprint density at radius 1 is 1.32 bits per heavy atom. The Balaban J connectivity index is 2.17. The Labute approximate surface area is 131 Å². The van der Waals surface area contributed by atoms with Crippen molar-refractivity contribution in [2.24, 2.45) is 0 Å². The van der Waals surface area contributed by atoms with E-state index in [4.69, 9.17) is 0 Å². The van der Waals surface area contributed by atoms with Crippen LogP contribution in [-0.4, -0.2) is 25.0 Å². The van der Waals surface area contributed by atoms with Gasteiger partial charge in [0.25, 0.3) is 5.91 Å². The molecule has 0 spiro atoms. The van der Waals surface area contributed by atoms with E-state index in [1.165, 1.54) is 0 Å². The minimum Gasteiger partial charge on any atom is -0.338 e. The van der Waals surface area contributed by atoms with Gasteiger partial charge >= 0.3 is 6.03 Å². The van der Waals surface area contributed by atoms with Crippen LogP contribution in [0.1, 0.15) is 32.8 Å². The summed E-state index contributed by atoms with van der Waals surface area (Å²) in [7, 11) is 0. The second-order valence-corrected chi connectivity index (χ2v) is 5.33. The summed E-state index contributed by atoms with van der Waals surface area (Å²) in [5.74, 6) is -0.107. The van der Waals surface area contributed by atoms with Crippen LogP contribution in [0.3, 0.4) is 0 Å². The highest BCUT2D eigenvalue weighted by atomic mass is 16.2. The number of urea groups is 1. The quantitative estimate of drug-likeness (QED) is 0.840. The second kappa shape index (κ2) is 7.11. The van der Waals surface area contributed by atoms with Gasteiger partial charge in [-0.2, -0.15) is 0 Å². The average Bonchev–Trinajstić information content (AvgIpc) is 2.91. The summed E-state index contributed by atoms with van der Waals surface area (Å²) >= 11 is 0. The molecule has 1 aliphatic heterocycles. The molecule has 0 unspecified atom stereocenters. The van der Waals surface area contributed by atoms with Crippen LogP contribution < -0.4 is 15.5 Å². The molecule has 1 heterocycles. The van der Waals surface area contributed by atoms with Gasteiger partial charge in [0, 0.05) is 24.4 Å². The summed E-state index contributed by atoms with van der Waals surface area (Å²) < 4.78 is 0. The Morgan fingerprint density at radius 3 is 2.77 bits per heavy atom. The van der Waals surface area contributed by atoms with Crippen LogP contribution in [0.2, 0.25) is 0 Å². The lowest BCUT2D eigenvalue weighted by atomic mass is 10.1. The third kappa shape index (κ3) is 3.47. The van der Waals surface area contributed by atoms with Gasteiger partial charge in [-0.1, -0.05) is 19.1 Å². The maximum Gasteiger partial charge on any atom is 0.321 e. The Bertz CT molecular complexity index is 608. The number of anilines is 2. The molecule has 3 amide bonds. The molecule has 1 aliphatic rings. The molecule has 0 saturated heterocycles. The first kappa shape index (κ1) is 16.1. The van der Waals surface area contributed by atoms with E-state index < -0.39 is 0 Å². The topological polar surface area (TPSA) is 61.4 Å². The Kier molecular flexibility index (Phi) is 5.20.